The Morgan fingerprint density at radius 1 is 1.41 bits per heavy atom. The van der Waals surface area contributed by atoms with Crippen LogP contribution in [0.1, 0.15) is 30.0 Å². The monoisotopic (exact) mass is 226 g/mol. The molecule has 0 unspecified atom stereocenters. The molecular weight excluding hydrogens is 208 g/mol. The molecule has 0 bridgehead atoms. The van der Waals surface area contributed by atoms with Gasteiger partial charge in [0.2, 0.25) is 0 Å². The zero-order chi connectivity index (χ0) is 13.0. The summed E-state index contributed by atoms with van der Waals surface area (Å²) < 4.78 is 0. The predicted octanol–water partition coefficient (Wildman–Crippen LogP) is 3.76. The van der Waals surface area contributed by atoms with Crippen LogP contribution in [0.4, 0.5) is 5.69 Å². The van der Waals surface area contributed by atoms with E-state index in [1.54, 1.807) is 0 Å². The van der Waals surface area contributed by atoms with Crippen molar-refractivity contribution >= 4 is 11.8 Å². The molecule has 0 aliphatic carbocycles. The zero-order valence-corrected chi connectivity index (χ0v) is 10.7. The number of nitrogen functional groups attached to an aromatic ring is 1. The van der Waals surface area contributed by atoms with Gasteiger partial charge >= 0.3 is 0 Å². The molecule has 0 atom stereocenters. The molecule has 2 heteroatoms. The molecule has 1 rings (SSSR count). The molecule has 0 heterocycles. The summed E-state index contributed by atoms with van der Waals surface area (Å²) in [6.07, 6.45) is 2.43. The second kappa shape index (κ2) is 5.36. The topological polar surface area (TPSA) is 49.8 Å². The first-order valence-corrected chi connectivity index (χ1v) is 5.55. The van der Waals surface area contributed by atoms with Gasteiger partial charge in [0, 0.05) is 5.69 Å². The summed E-state index contributed by atoms with van der Waals surface area (Å²) in [4.78, 5) is 0. The first-order chi connectivity index (χ1) is 7.95. The van der Waals surface area contributed by atoms with Crippen molar-refractivity contribution in [2.75, 3.05) is 5.73 Å². The summed E-state index contributed by atoms with van der Waals surface area (Å²) in [7, 11) is 0. The van der Waals surface area contributed by atoms with Crippen LogP contribution < -0.4 is 5.73 Å². The first kappa shape index (κ1) is 13.1. The Bertz CT molecular complexity index is 516. The van der Waals surface area contributed by atoms with E-state index in [4.69, 9.17) is 11.0 Å². The van der Waals surface area contributed by atoms with E-state index in [1.807, 2.05) is 26.8 Å². The van der Waals surface area contributed by atoms with E-state index < -0.39 is 0 Å². The molecular formula is C15H18N2. The largest absolute Gasteiger partial charge is 0.399 e. The number of aryl methyl sites for hydroxylation is 2. The Labute approximate surface area is 103 Å². The summed E-state index contributed by atoms with van der Waals surface area (Å²) >= 11 is 0. The lowest BCUT2D eigenvalue weighted by molar-refractivity contribution is 1.23. The number of anilines is 1. The molecule has 0 saturated carbocycles. The van der Waals surface area contributed by atoms with Gasteiger partial charge in [0.1, 0.15) is 0 Å². The average molecular weight is 226 g/mol. The summed E-state index contributed by atoms with van der Waals surface area (Å²) in [5.74, 6) is 0. The van der Waals surface area contributed by atoms with Gasteiger partial charge in [0.05, 0.1) is 12.5 Å². The second-order valence-corrected chi connectivity index (χ2v) is 4.33. The Morgan fingerprint density at radius 3 is 2.65 bits per heavy atom. The van der Waals surface area contributed by atoms with Crippen molar-refractivity contribution in [1.82, 2.24) is 0 Å². The first-order valence-electron chi connectivity index (χ1n) is 5.55. The lowest BCUT2D eigenvalue weighted by Gasteiger charge is -2.08. The van der Waals surface area contributed by atoms with Crippen LogP contribution >= 0.6 is 0 Å². The standard InChI is InChI=1S/C15H18N2/c1-10(5-6-16)11(2)7-14-8-13(4)15(17)9-12(14)3/h7-9H,1,5,17H2,2-4H3/b11-7+. The lowest BCUT2D eigenvalue weighted by atomic mass is 9.99. The van der Waals surface area contributed by atoms with Crippen LogP contribution in [0.5, 0.6) is 0 Å². The third kappa shape index (κ3) is 3.22. The molecule has 0 spiro atoms. The number of nitrogens with zero attached hydrogens (tertiary/aromatic N) is 1. The fourth-order valence-corrected chi connectivity index (χ4v) is 1.59. The maximum atomic E-state index is 8.63. The van der Waals surface area contributed by atoms with E-state index in [1.165, 1.54) is 0 Å². The molecule has 88 valence electrons. The fourth-order valence-electron chi connectivity index (χ4n) is 1.59. The van der Waals surface area contributed by atoms with Crippen LogP contribution in [-0.4, -0.2) is 0 Å². The Hall–Kier alpha value is -2.01. The van der Waals surface area contributed by atoms with Gasteiger partial charge in [-0.3, -0.25) is 0 Å². The van der Waals surface area contributed by atoms with Crippen molar-refractivity contribution < 1.29 is 0 Å². The van der Waals surface area contributed by atoms with Crippen LogP contribution in [0.3, 0.4) is 0 Å². The van der Waals surface area contributed by atoms with Gasteiger partial charge in [-0.2, -0.15) is 5.26 Å². The van der Waals surface area contributed by atoms with Crippen molar-refractivity contribution in [1.29, 1.82) is 5.26 Å². The summed E-state index contributed by atoms with van der Waals surface area (Å²) in [5, 5.41) is 8.63. The number of nitriles is 1. The van der Waals surface area contributed by atoms with Crippen molar-refractivity contribution in [3.8, 4) is 6.07 Å². The zero-order valence-electron chi connectivity index (χ0n) is 10.7. The molecule has 0 amide bonds. The van der Waals surface area contributed by atoms with Crippen molar-refractivity contribution in [2.24, 2.45) is 0 Å². The van der Waals surface area contributed by atoms with Crippen LogP contribution in [0, 0.1) is 25.2 Å². The molecule has 17 heavy (non-hydrogen) atoms. The predicted molar refractivity (Wildman–Crippen MR) is 73.3 cm³/mol. The van der Waals surface area contributed by atoms with Crippen LogP contribution in [-0.2, 0) is 0 Å². The minimum Gasteiger partial charge on any atom is -0.399 e. The second-order valence-electron chi connectivity index (χ2n) is 4.33. The average Bonchev–Trinajstić information content (AvgIpc) is 2.26. The molecule has 0 aliphatic rings. The van der Waals surface area contributed by atoms with Gasteiger partial charge < -0.3 is 5.73 Å². The Morgan fingerprint density at radius 2 is 2.06 bits per heavy atom. The smallest absolute Gasteiger partial charge is 0.0669 e. The summed E-state index contributed by atoms with van der Waals surface area (Å²) in [6, 6.07) is 6.15. The fraction of sp³-hybridized carbons (Fsp3) is 0.267. The van der Waals surface area contributed by atoms with Crippen LogP contribution in [0.25, 0.3) is 6.08 Å². The van der Waals surface area contributed by atoms with Gasteiger partial charge in [-0.1, -0.05) is 12.7 Å². The summed E-state index contributed by atoms with van der Waals surface area (Å²) in [6.45, 7) is 9.89. The van der Waals surface area contributed by atoms with Crippen molar-refractivity contribution in [2.45, 2.75) is 27.2 Å². The molecule has 2 nitrogen and oxygen atoms in total. The Balaban J connectivity index is 3.11. The van der Waals surface area contributed by atoms with Gasteiger partial charge in [-0.05, 0) is 60.7 Å². The maximum absolute atomic E-state index is 8.63. The van der Waals surface area contributed by atoms with E-state index in [9.17, 15) is 0 Å². The molecule has 0 saturated heterocycles. The maximum Gasteiger partial charge on any atom is 0.0669 e. The molecule has 2 N–H and O–H groups in total. The van der Waals surface area contributed by atoms with Gasteiger partial charge in [0.25, 0.3) is 0 Å². The minimum absolute atomic E-state index is 0.370. The van der Waals surface area contributed by atoms with E-state index in [-0.39, 0.29) is 0 Å². The van der Waals surface area contributed by atoms with E-state index in [0.717, 1.165) is 33.5 Å². The Kier molecular flexibility index (Phi) is 4.12. The number of hydrogen-bond donors (Lipinski definition) is 1. The number of hydrogen-bond acceptors (Lipinski definition) is 2. The number of benzene rings is 1. The van der Waals surface area contributed by atoms with Crippen molar-refractivity contribution in [3.05, 3.63) is 46.5 Å². The number of nitrogens with two attached hydrogens (primary N) is 1. The molecule has 0 aliphatic heterocycles. The van der Waals surface area contributed by atoms with Crippen LogP contribution in [0.2, 0.25) is 0 Å². The highest BCUT2D eigenvalue weighted by Gasteiger charge is 2.02. The highest BCUT2D eigenvalue weighted by atomic mass is 14.6. The molecule has 0 aromatic heterocycles. The van der Waals surface area contributed by atoms with Gasteiger partial charge in [-0.25, -0.2) is 0 Å². The van der Waals surface area contributed by atoms with Crippen molar-refractivity contribution in [3.63, 3.8) is 0 Å². The highest BCUT2D eigenvalue weighted by Crippen LogP contribution is 2.22. The molecule has 0 fully saturated rings. The molecule has 1 aromatic carbocycles. The number of allylic oxidation sites excluding steroid dienone is 2. The number of rotatable bonds is 3. The van der Waals surface area contributed by atoms with Crippen LogP contribution in [0.15, 0.2) is 29.9 Å². The normalized spacial score (nSPS) is 11.1. The lowest BCUT2D eigenvalue weighted by Crippen LogP contribution is -1.93. The minimum atomic E-state index is 0.370. The van der Waals surface area contributed by atoms with E-state index in [2.05, 4.69) is 24.8 Å². The van der Waals surface area contributed by atoms with E-state index in [0.29, 0.717) is 6.42 Å². The molecule has 0 radical (unpaired) electrons. The summed E-state index contributed by atoms with van der Waals surface area (Å²) in [5.41, 5.74) is 11.9. The third-order valence-corrected chi connectivity index (χ3v) is 2.88. The SMILES string of the molecule is C=C(CC#N)/C(C)=C/c1cc(C)c(N)cc1C. The van der Waals surface area contributed by atoms with E-state index >= 15 is 0 Å². The van der Waals surface area contributed by atoms with Gasteiger partial charge in [-0.15, -0.1) is 0 Å². The molecule has 1 aromatic rings. The third-order valence-electron chi connectivity index (χ3n) is 2.88. The quantitative estimate of drug-likeness (QED) is 0.630. The highest BCUT2D eigenvalue weighted by molar-refractivity contribution is 5.65. The van der Waals surface area contributed by atoms with Gasteiger partial charge in [0.15, 0.2) is 0 Å².